The van der Waals surface area contributed by atoms with Crippen LogP contribution in [0.1, 0.15) is 24.9 Å². The Balaban J connectivity index is 2.23. The zero-order valence-electron chi connectivity index (χ0n) is 12.7. The van der Waals surface area contributed by atoms with E-state index >= 15 is 0 Å². The zero-order chi connectivity index (χ0) is 15.2. The van der Waals surface area contributed by atoms with E-state index in [1.807, 2.05) is 12.1 Å². The monoisotopic (exact) mass is 289 g/mol. The first-order valence-electron chi connectivity index (χ1n) is 7.34. The number of hydrogen-bond acceptors (Lipinski definition) is 5. The fraction of sp³-hybridized carbons (Fsp3) is 0.562. The lowest BCUT2D eigenvalue weighted by Crippen LogP contribution is -2.49. The standard InChI is InChI=1S/C16H23N3O2/c1-3-15(18)16(12-4-6-13(20-2)7-5-12)19-8-9-21-14(10-17)11-19/h4-7,14-16H,3,8-9,11,18H2,1-2H3. The highest BCUT2D eigenvalue weighted by Crippen LogP contribution is 2.28. The summed E-state index contributed by atoms with van der Waals surface area (Å²) >= 11 is 0. The highest BCUT2D eigenvalue weighted by Gasteiger charge is 2.30. The molecule has 1 aromatic carbocycles. The Labute approximate surface area is 126 Å². The molecular formula is C16H23N3O2. The quantitative estimate of drug-likeness (QED) is 0.893. The first kappa shape index (κ1) is 15.8. The highest BCUT2D eigenvalue weighted by molar-refractivity contribution is 5.30. The predicted molar refractivity (Wildman–Crippen MR) is 80.9 cm³/mol. The largest absolute Gasteiger partial charge is 0.497 e. The maximum atomic E-state index is 9.08. The van der Waals surface area contributed by atoms with E-state index in [0.29, 0.717) is 13.2 Å². The minimum absolute atomic E-state index is 0.0239. The summed E-state index contributed by atoms with van der Waals surface area (Å²) in [5.41, 5.74) is 7.50. The van der Waals surface area contributed by atoms with Gasteiger partial charge in [0.25, 0.3) is 0 Å². The number of rotatable bonds is 5. The average Bonchev–Trinajstić information content (AvgIpc) is 2.55. The van der Waals surface area contributed by atoms with Crippen LogP contribution in [0.2, 0.25) is 0 Å². The van der Waals surface area contributed by atoms with Crippen molar-refractivity contribution in [1.29, 1.82) is 5.26 Å². The predicted octanol–water partition coefficient (Wildman–Crippen LogP) is 1.70. The third kappa shape index (κ3) is 3.73. The van der Waals surface area contributed by atoms with Crippen molar-refractivity contribution in [1.82, 2.24) is 4.90 Å². The Bertz CT molecular complexity index is 483. The van der Waals surface area contributed by atoms with Crippen LogP contribution in [0, 0.1) is 11.3 Å². The minimum atomic E-state index is -0.372. The maximum Gasteiger partial charge on any atom is 0.156 e. The molecule has 2 rings (SSSR count). The molecule has 0 radical (unpaired) electrons. The molecule has 1 aliphatic rings. The van der Waals surface area contributed by atoms with Gasteiger partial charge in [0.05, 0.1) is 25.8 Å². The molecule has 0 amide bonds. The van der Waals surface area contributed by atoms with Gasteiger partial charge in [0, 0.05) is 19.1 Å². The fourth-order valence-corrected chi connectivity index (χ4v) is 2.75. The molecule has 3 atom stereocenters. The molecule has 3 unspecified atom stereocenters. The molecule has 5 heteroatoms. The second-order valence-electron chi connectivity index (χ2n) is 5.27. The molecule has 0 aliphatic carbocycles. The van der Waals surface area contributed by atoms with Crippen molar-refractivity contribution in [2.24, 2.45) is 5.73 Å². The molecular weight excluding hydrogens is 266 g/mol. The summed E-state index contributed by atoms with van der Waals surface area (Å²) in [6.45, 7) is 4.05. The van der Waals surface area contributed by atoms with Crippen LogP contribution in [0.15, 0.2) is 24.3 Å². The number of hydrogen-bond donors (Lipinski definition) is 1. The van der Waals surface area contributed by atoms with Crippen molar-refractivity contribution in [3.8, 4) is 11.8 Å². The summed E-state index contributed by atoms with van der Waals surface area (Å²) in [6, 6.07) is 10.3. The second-order valence-corrected chi connectivity index (χ2v) is 5.27. The first-order chi connectivity index (χ1) is 10.2. The van der Waals surface area contributed by atoms with Gasteiger partial charge in [0.2, 0.25) is 0 Å². The van der Waals surface area contributed by atoms with E-state index in [1.165, 1.54) is 0 Å². The van der Waals surface area contributed by atoms with Gasteiger partial charge < -0.3 is 15.2 Å². The molecule has 0 bridgehead atoms. The molecule has 2 N–H and O–H groups in total. The van der Waals surface area contributed by atoms with Gasteiger partial charge in [-0.25, -0.2) is 0 Å². The Morgan fingerprint density at radius 2 is 2.19 bits per heavy atom. The molecule has 0 aromatic heterocycles. The smallest absolute Gasteiger partial charge is 0.156 e. The highest BCUT2D eigenvalue weighted by atomic mass is 16.5. The van der Waals surface area contributed by atoms with Crippen LogP contribution >= 0.6 is 0 Å². The van der Waals surface area contributed by atoms with E-state index in [4.69, 9.17) is 20.5 Å². The first-order valence-corrected chi connectivity index (χ1v) is 7.34. The summed E-state index contributed by atoms with van der Waals surface area (Å²) in [7, 11) is 1.66. The summed E-state index contributed by atoms with van der Waals surface area (Å²) < 4.78 is 10.6. The van der Waals surface area contributed by atoms with Crippen molar-refractivity contribution in [2.75, 3.05) is 26.8 Å². The lowest BCUT2D eigenvalue weighted by Gasteiger charge is -2.39. The number of nitriles is 1. The molecule has 1 heterocycles. The van der Waals surface area contributed by atoms with E-state index in [0.717, 1.165) is 24.3 Å². The Morgan fingerprint density at radius 1 is 1.48 bits per heavy atom. The van der Waals surface area contributed by atoms with Crippen LogP contribution in [-0.4, -0.2) is 43.9 Å². The lowest BCUT2D eigenvalue weighted by molar-refractivity contribution is -0.0222. The number of nitrogens with zero attached hydrogens (tertiary/aromatic N) is 2. The van der Waals surface area contributed by atoms with E-state index in [1.54, 1.807) is 7.11 Å². The van der Waals surface area contributed by atoms with Crippen molar-refractivity contribution < 1.29 is 9.47 Å². The van der Waals surface area contributed by atoms with E-state index in [9.17, 15) is 0 Å². The third-order valence-corrected chi connectivity index (χ3v) is 3.97. The number of methoxy groups -OCH3 is 1. The van der Waals surface area contributed by atoms with Gasteiger partial charge in [0.15, 0.2) is 6.10 Å². The molecule has 5 nitrogen and oxygen atoms in total. The van der Waals surface area contributed by atoms with Crippen LogP contribution in [0.5, 0.6) is 5.75 Å². The van der Waals surface area contributed by atoms with Gasteiger partial charge in [0.1, 0.15) is 5.75 Å². The number of ether oxygens (including phenoxy) is 2. The van der Waals surface area contributed by atoms with Gasteiger partial charge in [-0.05, 0) is 24.1 Å². The molecule has 1 saturated heterocycles. The van der Waals surface area contributed by atoms with Crippen LogP contribution in [0.3, 0.4) is 0 Å². The van der Waals surface area contributed by atoms with Gasteiger partial charge >= 0.3 is 0 Å². The minimum Gasteiger partial charge on any atom is -0.497 e. The molecule has 1 aliphatic heterocycles. The Morgan fingerprint density at radius 3 is 2.76 bits per heavy atom. The summed E-state index contributed by atoms with van der Waals surface area (Å²) in [6.07, 6.45) is 0.509. The van der Waals surface area contributed by atoms with Gasteiger partial charge in [-0.1, -0.05) is 19.1 Å². The van der Waals surface area contributed by atoms with E-state index < -0.39 is 0 Å². The Hall–Kier alpha value is -1.61. The number of benzene rings is 1. The normalized spacial score (nSPS) is 22.3. The molecule has 1 aromatic rings. The maximum absolute atomic E-state index is 9.08. The van der Waals surface area contributed by atoms with Gasteiger partial charge in [-0.15, -0.1) is 0 Å². The molecule has 1 fully saturated rings. The van der Waals surface area contributed by atoms with Crippen LogP contribution in [0.4, 0.5) is 0 Å². The SMILES string of the molecule is CCC(N)C(c1ccc(OC)cc1)N1CCOC(C#N)C1. The van der Waals surface area contributed by atoms with Crippen molar-refractivity contribution >= 4 is 0 Å². The molecule has 114 valence electrons. The third-order valence-electron chi connectivity index (χ3n) is 3.97. The van der Waals surface area contributed by atoms with E-state index in [2.05, 4.69) is 30.0 Å². The molecule has 0 spiro atoms. The number of morpholine rings is 1. The van der Waals surface area contributed by atoms with E-state index in [-0.39, 0.29) is 18.2 Å². The topological polar surface area (TPSA) is 71.5 Å². The zero-order valence-corrected chi connectivity index (χ0v) is 12.7. The lowest BCUT2D eigenvalue weighted by atomic mass is 9.95. The van der Waals surface area contributed by atoms with Crippen molar-refractivity contribution in [3.05, 3.63) is 29.8 Å². The summed E-state index contributed by atoms with van der Waals surface area (Å²) in [5, 5.41) is 9.08. The molecule has 21 heavy (non-hydrogen) atoms. The van der Waals surface area contributed by atoms with Crippen molar-refractivity contribution in [2.45, 2.75) is 31.5 Å². The van der Waals surface area contributed by atoms with Crippen LogP contribution in [0.25, 0.3) is 0 Å². The van der Waals surface area contributed by atoms with Crippen LogP contribution in [-0.2, 0) is 4.74 Å². The van der Waals surface area contributed by atoms with Crippen molar-refractivity contribution in [3.63, 3.8) is 0 Å². The second kappa shape index (κ2) is 7.41. The summed E-state index contributed by atoms with van der Waals surface area (Å²) in [4.78, 5) is 2.26. The number of nitrogens with two attached hydrogens (primary N) is 1. The van der Waals surface area contributed by atoms with Gasteiger partial charge in [-0.2, -0.15) is 5.26 Å². The Kier molecular flexibility index (Phi) is 5.57. The van der Waals surface area contributed by atoms with Crippen LogP contribution < -0.4 is 10.5 Å². The average molecular weight is 289 g/mol. The fourth-order valence-electron chi connectivity index (χ4n) is 2.75. The van der Waals surface area contributed by atoms with Gasteiger partial charge in [-0.3, -0.25) is 4.90 Å². The summed E-state index contributed by atoms with van der Waals surface area (Å²) in [5.74, 6) is 0.833. The molecule has 0 saturated carbocycles.